The molecule has 3 aromatic carbocycles. The van der Waals surface area contributed by atoms with Crippen LogP contribution in [0.25, 0.3) is 11.6 Å². The van der Waals surface area contributed by atoms with Gasteiger partial charge in [-0.3, -0.25) is 19.5 Å². The van der Waals surface area contributed by atoms with Gasteiger partial charge in [0.2, 0.25) is 11.8 Å². The van der Waals surface area contributed by atoms with Crippen LogP contribution in [0.15, 0.2) is 108 Å². The van der Waals surface area contributed by atoms with Gasteiger partial charge in [-0.25, -0.2) is 0 Å². The molecule has 3 aliphatic rings. The zero-order chi connectivity index (χ0) is 39.8. The summed E-state index contributed by atoms with van der Waals surface area (Å²) in [5, 5.41) is 23.8. The molecule has 1 aliphatic carbocycles. The predicted octanol–water partition coefficient (Wildman–Crippen LogP) is 6.72. The van der Waals surface area contributed by atoms with Gasteiger partial charge in [0.25, 0.3) is 8.32 Å². The number of imide groups is 1. The van der Waals surface area contributed by atoms with Gasteiger partial charge in [0.05, 0.1) is 40.9 Å². The van der Waals surface area contributed by atoms with Gasteiger partial charge in [-0.15, -0.1) is 0 Å². The molecule has 4 aromatic rings. The van der Waals surface area contributed by atoms with Gasteiger partial charge in [-0.2, -0.15) is 0 Å². The number of carbonyl (C=O) groups excluding carboxylic acids is 2. The van der Waals surface area contributed by atoms with E-state index in [2.05, 4.69) is 96.9 Å². The smallest absolute Gasteiger partial charge is 0.455 e. The van der Waals surface area contributed by atoms with E-state index in [1.54, 1.807) is 19.3 Å². The Kier molecular flexibility index (Phi) is 11.8. The Morgan fingerprint density at radius 2 is 1.66 bits per heavy atom. The van der Waals surface area contributed by atoms with Gasteiger partial charge < -0.3 is 23.9 Å². The van der Waals surface area contributed by atoms with Gasteiger partial charge in [-0.05, 0) is 122 Å². The molecule has 0 radical (unpaired) electrons. The standard InChI is InChI=1S/C44H48BIN2O7Si/c1-44(2,3)56(31-14-8-6-9-15-31,32-16-10-7-11-17-32)54-27-30-25-33-40(43(51)48(4)42(33)50)34-26-45(52)55-37(39(30)34)20-19-29(36-18-12-13-21-47-36)22-28-23-35(46)41(49)38(24-28)53-5/h6-18,21-24,33-34,37,40,49,52H,19-20,25-27H2,1-5H3/b29-22-/t33-,34+,37-,40-/m1/s1. The Hall–Kier alpha value is -4.08. The van der Waals surface area contributed by atoms with Crippen molar-refractivity contribution in [3.63, 3.8) is 0 Å². The molecule has 3 heterocycles. The lowest BCUT2D eigenvalue weighted by Crippen LogP contribution is -2.66. The average molecular weight is 883 g/mol. The van der Waals surface area contributed by atoms with Crippen LogP contribution in [0.3, 0.4) is 0 Å². The highest BCUT2D eigenvalue weighted by Crippen LogP contribution is 2.51. The molecule has 2 amide bonds. The number of hydrogen-bond acceptors (Lipinski definition) is 8. The number of amides is 2. The Balaban J connectivity index is 1.32. The van der Waals surface area contributed by atoms with Crippen molar-refractivity contribution in [1.82, 2.24) is 9.88 Å². The third kappa shape index (κ3) is 7.54. The summed E-state index contributed by atoms with van der Waals surface area (Å²) in [7, 11) is -0.989. The van der Waals surface area contributed by atoms with E-state index < -0.39 is 33.4 Å². The van der Waals surface area contributed by atoms with Crippen molar-refractivity contribution < 1.29 is 33.5 Å². The van der Waals surface area contributed by atoms with Crippen LogP contribution in [0.5, 0.6) is 11.5 Å². The third-order valence-electron chi connectivity index (χ3n) is 11.7. The zero-order valence-corrected chi connectivity index (χ0v) is 35.6. The summed E-state index contributed by atoms with van der Waals surface area (Å²) in [6.07, 6.45) is 4.85. The molecule has 2 aliphatic heterocycles. The molecule has 0 spiro atoms. The molecule has 0 saturated carbocycles. The number of halogens is 1. The molecule has 2 N–H and O–H groups in total. The van der Waals surface area contributed by atoms with Crippen LogP contribution in [0.4, 0.5) is 0 Å². The van der Waals surface area contributed by atoms with Gasteiger partial charge in [0.1, 0.15) is 0 Å². The fraction of sp³-hybridized carbons (Fsp3) is 0.341. The Bertz CT molecular complexity index is 2110. The number of aromatic nitrogens is 1. The van der Waals surface area contributed by atoms with Crippen LogP contribution in [-0.4, -0.2) is 74.1 Å². The molecule has 0 unspecified atom stereocenters. The molecule has 7 rings (SSSR count). The van der Waals surface area contributed by atoms with E-state index in [-0.39, 0.29) is 41.4 Å². The second-order valence-electron chi connectivity index (χ2n) is 16.0. The highest BCUT2D eigenvalue weighted by atomic mass is 127. The van der Waals surface area contributed by atoms with Gasteiger partial charge in [0.15, 0.2) is 11.5 Å². The summed E-state index contributed by atoms with van der Waals surface area (Å²) >= 11 is 2.09. The van der Waals surface area contributed by atoms with Crippen molar-refractivity contribution in [1.29, 1.82) is 0 Å². The molecule has 1 aromatic heterocycles. The van der Waals surface area contributed by atoms with Crippen molar-refractivity contribution >= 4 is 71.9 Å². The molecular weight excluding hydrogens is 834 g/mol. The second kappa shape index (κ2) is 16.4. The van der Waals surface area contributed by atoms with E-state index in [0.717, 1.165) is 38.4 Å². The number of carbonyl (C=O) groups is 2. The van der Waals surface area contributed by atoms with E-state index in [0.29, 0.717) is 28.6 Å². The number of benzene rings is 3. The first-order chi connectivity index (χ1) is 26.8. The van der Waals surface area contributed by atoms with E-state index in [1.165, 1.54) is 12.0 Å². The van der Waals surface area contributed by atoms with E-state index in [1.807, 2.05) is 42.5 Å². The van der Waals surface area contributed by atoms with Gasteiger partial charge in [0, 0.05) is 13.2 Å². The number of rotatable bonds is 11. The quantitative estimate of drug-likeness (QED) is 0.0739. The van der Waals surface area contributed by atoms with Crippen molar-refractivity contribution in [2.75, 3.05) is 20.8 Å². The summed E-state index contributed by atoms with van der Waals surface area (Å²) < 4.78 is 20.0. The third-order valence-corrected chi connectivity index (χ3v) is 17.5. The Morgan fingerprint density at radius 1 is 1.00 bits per heavy atom. The maximum Gasteiger partial charge on any atom is 0.455 e. The van der Waals surface area contributed by atoms with Crippen LogP contribution < -0.4 is 15.1 Å². The lowest BCUT2D eigenvalue weighted by molar-refractivity contribution is -0.138. The predicted molar refractivity (Wildman–Crippen MR) is 230 cm³/mol. The fourth-order valence-corrected chi connectivity index (χ4v) is 14.3. The van der Waals surface area contributed by atoms with Crippen LogP contribution in [-0.2, 0) is 18.7 Å². The Morgan fingerprint density at radius 3 is 2.27 bits per heavy atom. The second-order valence-corrected chi connectivity index (χ2v) is 21.4. The van der Waals surface area contributed by atoms with Crippen LogP contribution in [0.1, 0.15) is 51.3 Å². The van der Waals surface area contributed by atoms with Crippen LogP contribution >= 0.6 is 22.6 Å². The minimum atomic E-state index is -2.98. The minimum Gasteiger partial charge on any atom is -0.504 e. The summed E-state index contributed by atoms with van der Waals surface area (Å²) in [4.78, 5) is 33.4. The maximum atomic E-state index is 13.8. The topological polar surface area (TPSA) is 118 Å². The van der Waals surface area contributed by atoms with E-state index in [9.17, 15) is 19.7 Å². The number of nitrogens with zero attached hydrogens (tertiary/aromatic N) is 2. The minimum absolute atomic E-state index is 0.0845. The SMILES string of the molecule is COc1cc(/C=C(/CC[C@H]2OB(O)C[C@H]3C2=C(CO[Si](c2ccccc2)(c2ccccc2)C(C)(C)C)C[C@H]2C(=O)N(C)C(=O)[C@H]23)c2ccccn2)cc(I)c1O. The van der Waals surface area contributed by atoms with Gasteiger partial charge >= 0.3 is 7.12 Å². The molecule has 9 nitrogen and oxygen atoms in total. The molecule has 2 saturated heterocycles. The van der Waals surface area contributed by atoms with Crippen molar-refractivity contribution in [3.05, 3.63) is 123 Å². The first kappa shape index (κ1) is 40.1. The molecule has 56 heavy (non-hydrogen) atoms. The van der Waals surface area contributed by atoms with Crippen LogP contribution in [0, 0.1) is 21.3 Å². The first-order valence-corrected chi connectivity index (χ1v) is 22.1. The summed E-state index contributed by atoms with van der Waals surface area (Å²) in [5.41, 5.74) is 4.49. The zero-order valence-electron chi connectivity index (χ0n) is 32.4. The monoisotopic (exact) mass is 882 g/mol. The van der Waals surface area contributed by atoms with E-state index >= 15 is 0 Å². The molecule has 4 atom stereocenters. The summed E-state index contributed by atoms with van der Waals surface area (Å²) in [6, 6.07) is 30.4. The molecule has 2 fully saturated rings. The first-order valence-electron chi connectivity index (χ1n) is 19.1. The number of phenolic OH excluding ortho intramolecular Hbond substituents is 1. The number of pyridine rings is 1. The normalized spacial score (nSPS) is 21.7. The van der Waals surface area contributed by atoms with E-state index in [4.69, 9.17) is 13.8 Å². The number of aromatic hydroxyl groups is 1. The van der Waals surface area contributed by atoms with Crippen molar-refractivity contribution in [2.24, 2.45) is 17.8 Å². The molecular formula is C44H48BIN2O7Si. The Labute approximate surface area is 344 Å². The van der Waals surface area contributed by atoms with Gasteiger partial charge in [-0.1, -0.05) is 87.5 Å². The number of hydrogen-bond donors (Lipinski definition) is 2. The van der Waals surface area contributed by atoms with Crippen molar-refractivity contribution in [3.8, 4) is 11.5 Å². The summed E-state index contributed by atoms with van der Waals surface area (Å²) in [5.74, 6) is -1.41. The molecule has 12 heteroatoms. The molecule has 290 valence electrons. The highest BCUT2D eigenvalue weighted by molar-refractivity contribution is 14.1. The fourth-order valence-electron chi connectivity index (χ4n) is 9.16. The largest absolute Gasteiger partial charge is 0.504 e. The number of phenols is 1. The lowest BCUT2D eigenvalue weighted by Gasteiger charge is -2.46. The number of methoxy groups -OCH3 is 1. The average Bonchev–Trinajstić information content (AvgIpc) is 3.41. The number of likely N-dealkylation sites (tertiary alicyclic amines) is 1. The number of ether oxygens (including phenoxy) is 1. The lowest BCUT2D eigenvalue weighted by atomic mass is 9.58. The maximum absolute atomic E-state index is 13.8. The highest BCUT2D eigenvalue weighted by Gasteiger charge is 2.57. The molecule has 0 bridgehead atoms. The number of allylic oxidation sites excluding steroid dienone is 1. The van der Waals surface area contributed by atoms with Crippen molar-refractivity contribution in [2.45, 2.75) is 57.5 Å². The van der Waals surface area contributed by atoms with Crippen LogP contribution in [0.2, 0.25) is 11.4 Å². The summed E-state index contributed by atoms with van der Waals surface area (Å²) in [6.45, 7) is 6.98. The number of fused-ring (bicyclic) bond motifs is 3.